The van der Waals surface area contributed by atoms with Crippen molar-refractivity contribution in [3.05, 3.63) is 24.6 Å². The minimum absolute atomic E-state index is 0.105. The van der Waals surface area contributed by atoms with Crippen LogP contribution in [0.5, 0.6) is 0 Å². The summed E-state index contributed by atoms with van der Waals surface area (Å²) >= 11 is 0. The summed E-state index contributed by atoms with van der Waals surface area (Å²) in [7, 11) is 0. The molecule has 0 aliphatic carbocycles. The highest BCUT2D eigenvalue weighted by atomic mass is 16.2. The Labute approximate surface area is 77.0 Å². The van der Waals surface area contributed by atoms with E-state index in [1.165, 1.54) is 0 Å². The second kappa shape index (κ2) is 3.20. The van der Waals surface area contributed by atoms with Crippen LogP contribution in [0.3, 0.4) is 0 Å². The molecule has 2 rings (SSSR count). The van der Waals surface area contributed by atoms with Crippen molar-refractivity contribution >= 4 is 5.91 Å². The molecule has 1 aromatic heterocycles. The van der Waals surface area contributed by atoms with E-state index in [2.05, 4.69) is 16.9 Å². The Morgan fingerprint density at radius 1 is 1.77 bits per heavy atom. The molecule has 1 N–H and O–H groups in total. The number of hydrogen-bond acceptors (Lipinski definition) is 2. The summed E-state index contributed by atoms with van der Waals surface area (Å²) in [5.41, 5.74) is 2.15. The smallest absolute Gasteiger partial charge is 0.222 e. The van der Waals surface area contributed by atoms with Crippen molar-refractivity contribution < 1.29 is 4.79 Å². The Bertz CT molecular complexity index is 318. The molecule has 0 aromatic carbocycles. The van der Waals surface area contributed by atoms with E-state index in [0.717, 1.165) is 24.4 Å². The number of nitrogens with one attached hydrogen (secondary N) is 1. The van der Waals surface area contributed by atoms with Gasteiger partial charge in [-0.05, 0) is 6.92 Å². The number of rotatable bonds is 1. The first-order chi connectivity index (χ1) is 6.31. The van der Waals surface area contributed by atoms with E-state index in [4.69, 9.17) is 0 Å². The van der Waals surface area contributed by atoms with Crippen LogP contribution in [0.1, 0.15) is 17.8 Å². The summed E-state index contributed by atoms with van der Waals surface area (Å²) in [6.07, 6.45) is 2.89. The van der Waals surface area contributed by atoms with Crippen molar-refractivity contribution in [2.24, 2.45) is 0 Å². The number of aromatic nitrogens is 2. The lowest BCUT2D eigenvalue weighted by Gasteiger charge is -2.25. The molecule has 1 aliphatic rings. The zero-order chi connectivity index (χ0) is 9.26. The summed E-state index contributed by atoms with van der Waals surface area (Å²) in [5, 5.41) is 0. The van der Waals surface area contributed by atoms with Crippen molar-refractivity contribution in [1.29, 1.82) is 0 Å². The van der Waals surface area contributed by atoms with E-state index < -0.39 is 0 Å². The fourth-order valence-corrected chi connectivity index (χ4v) is 1.58. The van der Waals surface area contributed by atoms with Crippen LogP contribution >= 0.6 is 0 Å². The maximum absolute atomic E-state index is 11.3. The molecular weight excluding hydrogens is 166 g/mol. The Morgan fingerprint density at radius 3 is 3.38 bits per heavy atom. The molecule has 1 amide bonds. The largest absolute Gasteiger partial charge is 0.348 e. The molecule has 0 atom stereocenters. The van der Waals surface area contributed by atoms with Gasteiger partial charge in [0, 0.05) is 25.1 Å². The third-order valence-electron chi connectivity index (χ3n) is 2.35. The summed E-state index contributed by atoms with van der Waals surface area (Å²) < 4.78 is 0. The van der Waals surface area contributed by atoms with Gasteiger partial charge >= 0.3 is 0 Å². The number of hydrogen-bond donors (Lipinski definition) is 1. The number of imidazole rings is 1. The van der Waals surface area contributed by atoms with Crippen LogP contribution in [0.15, 0.2) is 6.33 Å². The van der Waals surface area contributed by atoms with Crippen LogP contribution in [-0.2, 0) is 17.8 Å². The van der Waals surface area contributed by atoms with E-state index in [-0.39, 0.29) is 5.91 Å². The number of nitrogens with zero attached hydrogens (tertiary/aromatic N) is 2. The molecule has 0 saturated carbocycles. The maximum atomic E-state index is 11.3. The predicted octanol–water partition coefficient (Wildman–Crippen LogP) is 0.519. The van der Waals surface area contributed by atoms with Crippen molar-refractivity contribution in [2.75, 3.05) is 6.54 Å². The lowest BCUT2D eigenvalue weighted by molar-refractivity contribution is -0.131. The molecule has 4 nitrogen and oxygen atoms in total. The van der Waals surface area contributed by atoms with Crippen molar-refractivity contribution in [2.45, 2.75) is 19.4 Å². The molecule has 0 spiro atoms. The second-order valence-corrected chi connectivity index (χ2v) is 3.14. The van der Waals surface area contributed by atoms with Gasteiger partial charge in [-0.1, -0.05) is 0 Å². The van der Waals surface area contributed by atoms with Crippen LogP contribution in [0, 0.1) is 6.92 Å². The van der Waals surface area contributed by atoms with Gasteiger partial charge in [-0.3, -0.25) is 4.79 Å². The van der Waals surface area contributed by atoms with Crippen LogP contribution in [0.2, 0.25) is 0 Å². The topological polar surface area (TPSA) is 49.0 Å². The maximum Gasteiger partial charge on any atom is 0.222 e. The van der Waals surface area contributed by atoms with E-state index in [1.54, 1.807) is 11.2 Å². The summed E-state index contributed by atoms with van der Waals surface area (Å²) in [4.78, 5) is 20.3. The highest BCUT2D eigenvalue weighted by molar-refractivity contribution is 5.76. The quantitative estimate of drug-likeness (QED) is 0.681. The molecule has 69 valence electrons. The van der Waals surface area contributed by atoms with Gasteiger partial charge in [0.05, 0.1) is 18.6 Å². The number of carbonyl (C=O) groups excluding carboxylic acids is 1. The SMILES string of the molecule is [CH2]CC(=O)N1CCc2[nH]cnc2C1. The van der Waals surface area contributed by atoms with Gasteiger partial charge in [-0.15, -0.1) is 0 Å². The van der Waals surface area contributed by atoms with E-state index in [9.17, 15) is 4.79 Å². The minimum atomic E-state index is 0.105. The average molecular weight is 178 g/mol. The number of amides is 1. The molecule has 1 aromatic rings. The van der Waals surface area contributed by atoms with Gasteiger partial charge in [-0.25, -0.2) is 4.98 Å². The first kappa shape index (κ1) is 8.29. The van der Waals surface area contributed by atoms with Gasteiger partial charge in [0.1, 0.15) is 0 Å². The molecule has 13 heavy (non-hydrogen) atoms. The summed E-state index contributed by atoms with van der Waals surface area (Å²) in [6.45, 7) is 5.00. The monoisotopic (exact) mass is 178 g/mol. The molecule has 0 saturated heterocycles. The molecule has 0 unspecified atom stereocenters. The molecule has 2 heterocycles. The lowest BCUT2D eigenvalue weighted by atomic mass is 10.1. The van der Waals surface area contributed by atoms with Crippen molar-refractivity contribution in [3.63, 3.8) is 0 Å². The highest BCUT2D eigenvalue weighted by Gasteiger charge is 2.20. The number of carbonyl (C=O) groups is 1. The number of aromatic amines is 1. The fraction of sp³-hybridized carbons (Fsp3) is 0.444. The number of H-pyrrole nitrogens is 1. The Kier molecular flexibility index (Phi) is 2.04. The Balaban J connectivity index is 2.13. The van der Waals surface area contributed by atoms with E-state index in [1.807, 2.05) is 0 Å². The predicted molar refractivity (Wildman–Crippen MR) is 47.7 cm³/mol. The first-order valence-corrected chi connectivity index (χ1v) is 4.39. The minimum Gasteiger partial charge on any atom is -0.348 e. The van der Waals surface area contributed by atoms with Crippen LogP contribution in [0.4, 0.5) is 0 Å². The fourth-order valence-electron chi connectivity index (χ4n) is 1.58. The Morgan fingerprint density at radius 2 is 2.62 bits per heavy atom. The zero-order valence-corrected chi connectivity index (χ0v) is 7.42. The van der Waals surface area contributed by atoms with Gasteiger partial charge in [0.2, 0.25) is 5.91 Å². The van der Waals surface area contributed by atoms with E-state index >= 15 is 0 Å². The second-order valence-electron chi connectivity index (χ2n) is 3.14. The van der Waals surface area contributed by atoms with Gasteiger partial charge in [0.15, 0.2) is 0 Å². The highest BCUT2D eigenvalue weighted by Crippen LogP contribution is 2.14. The summed E-state index contributed by atoms with van der Waals surface area (Å²) in [6, 6.07) is 0. The van der Waals surface area contributed by atoms with Gasteiger partial charge in [-0.2, -0.15) is 0 Å². The van der Waals surface area contributed by atoms with Crippen molar-refractivity contribution in [3.8, 4) is 0 Å². The molecular formula is C9H12N3O. The first-order valence-electron chi connectivity index (χ1n) is 4.39. The van der Waals surface area contributed by atoms with Gasteiger partial charge < -0.3 is 9.88 Å². The van der Waals surface area contributed by atoms with Crippen LogP contribution < -0.4 is 0 Å². The average Bonchev–Trinajstić information content (AvgIpc) is 2.63. The molecule has 4 heteroatoms. The van der Waals surface area contributed by atoms with Gasteiger partial charge in [0.25, 0.3) is 0 Å². The molecule has 1 aliphatic heterocycles. The van der Waals surface area contributed by atoms with Crippen LogP contribution in [-0.4, -0.2) is 27.3 Å². The molecule has 1 radical (unpaired) electrons. The third kappa shape index (κ3) is 1.43. The summed E-state index contributed by atoms with van der Waals surface area (Å²) in [5.74, 6) is 0.105. The standard InChI is InChI=1S/C9H12N3O/c1-2-9(13)12-4-3-7-8(5-12)11-6-10-7/h6H,1-5H2,(H,10,11). The lowest BCUT2D eigenvalue weighted by Crippen LogP contribution is -2.35. The van der Waals surface area contributed by atoms with Crippen LogP contribution in [0.25, 0.3) is 0 Å². The number of fused-ring (bicyclic) bond motifs is 1. The molecule has 0 fully saturated rings. The van der Waals surface area contributed by atoms with Crippen molar-refractivity contribution in [1.82, 2.24) is 14.9 Å². The molecule has 0 bridgehead atoms. The Hall–Kier alpha value is -1.32. The zero-order valence-electron chi connectivity index (χ0n) is 7.42. The third-order valence-corrected chi connectivity index (χ3v) is 2.35. The van der Waals surface area contributed by atoms with E-state index in [0.29, 0.717) is 13.0 Å². The normalized spacial score (nSPS) is 15.6.